The van der Waals surface area contributed by atoms with Crippen LogP contribution in [0.15, 0.2) is 23.1 Å². The number of amides is 2. The first-order valence-corrected chi connectivity index (χ1v) is 11.3. The first kappa shape index (κ1) is 21.1. The molecule has 0 spiro atoms. The third kappa shape index (κ3) is 4.96. The zero-order chi connectivity index (χ0) is 20.9. The largest absolute Gasteiger partial charge is 0.454 e. The summed E-state index contributed by atoms with van der Waals surface area (Å²) in [7, 11) is 0. The van der Waals surface area contributed by atoms with Gasteiger partial charge in [-0.15, -0.1) is 0 Å². The molecule has 9 heteroatoms. The highest BCUT2D eigenvalue weighted by Crippen LogP contribution is 2.36. The van der Waals surface area contributed by atoms with Gasteiger partial charge in [0, 0.05) is 26.1 Å². The van der Waals surface area contributed by atoms with E-state index in [2.05, 4.69) is 0 Å². The zero-order valence-corrected chi connectivity index (χ0v) is 18.3. The van der Waals surface area contributed by atoms with Crippen molar-refractivity contribution in [3.63, 3.8) is 0 Å². The predicted octanol–water partition coefficient (Wildman–Crippen LogP) is 3.04. The number of thiocarbonyl (C=S) groups is 1. The Kier molecular flexibility index (Phi) is 6.91. The molecule has 3 aliphatic heterocycles. The molecule has 0 N–H and O–H groups in total. The molecule has 0 atom stereocenters. The minimum atomic E-state index is -0.0629. The Labute approximate surface area is 185 Å². The van der Waals surface area contributed by atoms with Crippen LogP contribution in [0.5, 0.6) is 11.5 Å². The number of ether oxygens (including phenoxy) is 3. The molecule has 0 radical (unpaired) electrons. The topological polar surface area (TPSA) is 68.3 Å². The van der Waals surface area contributed by atoms with Crippen molar-refractivity contribution < 1.29 is 23.8 Å². The van der Waals surface area contributed by atoms with Crippen LogP contribution >= 0.6 is 24.0 Å². The highest BCUT2D eigenvalue weighted by Gasteiger charge is 2.31. The van der Waals surface area contributed by atoms with E-state index in [0.717, 1.165) is 24.8 Å². The van der Waals surface area contributed by atoms with E-state index in [-0.39, 0.29) is 18.6 Å². The Hall–Kier alpha value is -2.10. The number of carbonyl (C=O) groups is 2. The molecule has 2 saturated heterocycles. The molecule has 0 bridgehead atoms. The third-order valence-electron chi connectivity index (χ3n) is 5.20. The molecule has 3 heterocycles. The van der Waals surface area contributed by atoms with Gasteiger partial charge in [-0.1, -0.05) is 36.5 Å². The number of unbranched alkanes of at least 4 members (excludes halogenated alkanes) is 2. The van der Waals surface area contributed by atoms with Crippen molar-refractivity contribution in [1.29, 1.82) is 0 Å². The van der Waals surface area contributed by atoms with Gasteiger partial charge in [0.15, 0.2) is 11.5 Å². The molecule has 0 saturated carbocycles. The summed E-state index contributed by atoms with van der Waals surface area (Å²) >= 11 is 6.73. The number of fused-ring (bicyclic) bond motifs is 1. The summed E-state index contributed by atoms with van der Waals surface area (Å²) in [6.07, 6.45) is 4.90. The quantitative estimate of drug-likeness (QED) is 0.361. The van der Waals surface area contributed by atoms with Crippen LogP contribution in [0.4, 0.5) is 0 Å². The van der Waals surface area contributed by atoms with Crippen LogP contribution in [0.1, 0.15) is 31.2 Å². The van der Waals surface area contributed by atoms with Crippen molar-refractivity contribution in [2.45, 2.75) is 25.7 Å². The van der Waals surface area contributed by atoms with Gasteiger partial charge in [0.2, 0.25) is 12.7 Å². The average molecular weight is 449 g/mol. The first-order chi connectivity index (χ1) is 14.6. The molecule has 0 unspecified atom stereocenters. The van der Waals surface area contributed by atoms with Crippen LogP contribution in [0, 0.1) is 0 Å². The van der Waals surface area contributed by atoms with Crippen LogP contribution in [0.2, 0.25) is 0 Å². The fourth-order valence-corrected chi connectivity index (χ4v) is 4.85. The summed E-state index contributed by atoms with van der Waals surface area (Å²) in [5.41, 5.74) is 0.876. The SMILES string of the molecule is O=C(CCCCCN1C(=O)C(=Cc2ccc3c(c2)OCO3)SC1=S)N1CCOCC1. The fraction of sp³-hybridized carbons (Fsp3) is 0.476. The Morgan fingerprint density at radius 3 is 2.77 bits per heavy atom. The summed E-state index contributed by atoms with van der Waals surface area (Å²) < 4.78 is 16.6. The second-order valence-electron chi connectivity index (χ2n) is 7.25. The summed E-state index contributed by atoms with van der Waals surface area (Å²) in [5.74, 6) is 1.53. The number of thioether (sulfide) groups is 1. The van der Waals surface area contributed by atoms with Crippen LogP contribution < -0.4 is 9.47 Å². The molecule has 1 aromatic rings. The molecule has 30 heavy (non-hydrogen) atoms. The standard InChI is InChI=1S/C21H24N2O5S2/c24-19(22-8-10-26-11-9-22)4-2-1-3-7-23-20(25)18(30-21(23)29)13-15-5-6-16-17(12-15)28-14-27-16/h5-6,12-13H,1-4,7-11,14H2. The van der Waals surface area contributed by atoms with E-state index in [9.17, 15) is 9.59 Å². The lowest BCUT2D eigenvalue weighted by Gasteiger charge is -2.26. The Morgan fingerprint density at radius 2 is 1.93 bits per heavy atom. The smallest absolute Gasteiger partial charge is 0.266 e. The molecule has 4 rings (SSSR count). The summed E-state index contributed by atoms with van der Waals surface area (Å²) in [5, 5.41) is 0. The van der Waals surface area contributed by atoms with Crippen molar-refractivity contribution in [1.82, 2.24) is 9.80 Å². The zero-order valence-electron chi connectivity index (χ0n) is 16.6. The maximum atomic E-state index is 12.8. The second kappa shape index (κ2) is 9.80. The van der Waals surface area contributed by atoms with Crippen LogP contribution in [-0.4, -0.2) is 65.6 Å². The number of hydrogen-bond acceptors (Lipinski definition) is 7. The van der Waals surface area contributed by atoms with Crippen LogP contribution in [-0.2, 0) is 14.3 Å². The number of hydrogen-bond donors (Lipinski definition) is 0. The van der Waals surface area contributed by atoms with Gasteiger partial charge in [0.1, 0.15) is 4.32 Å². The predicted molar refractivity (Wildman–Crippen MR) is 118 cm³/mol. The molecule has 0 aliphatic carbocycles. The van der Waals surface area contributed by atoms with E-state index < -0.39 is 0 Å². The summed E-state index contributed by atoms with van der Waals surface area (Å²) in [4.78, 5) is 29.1. The number of rotatable bonds is 7. The summed E-state index contributed by atoms with van der Waals surface area (Å²) in [6, 6.07) is 5.60. The van der Waals surface area contributed by atoms with Gasteiger partial charge in [0.25, 0.3) is 5.91 Å². The van der Waals surface area contributed by atoms with Gasteiger partial charge in [-0.25, -0.2) is 0 Å². The number of morpholine rings is 1. The summed E-state index contributed by atoms with van der Waals surface area (Å²) in [6.45, 7) is 3.42. The molecule has 2 amide bonds. The van der Waals surface area contributed by atoms with E-state index in [0.29, 0.717) is 60.0 Å². The maximum absolute atomic E-state index is 12.8. The number of carbonyl (C=O) groups excluding carboxylic acids is 2. The second-order valence-corrected chi connectivity index (χ2v) is 8.93. The molecule has 3 aliphatic rings. The van der Waals surface area contributed by atoms with Gasteiger partial charge in [-0.2, -0.15) is 0 Å². The van der Waals surface area contributed by atoms with Crippen LogP contribution in [0.3, 0.4) is 0 Å². The average Bonchev–Trinajstić information content (AvgIpc) is 3.33. The molecule has 1 aromatic carbocycles. The van der Waals surface area contributed by atoms with Gasteiger partial charge in [0.05, 0.1) is 18.1 Å². The molecular weight excluding hydrogens is 424 g/mol. The highest BCUT2D eigenvalue weighted by atomic mass is 32.2. The van der Waals surface area contributed by atoms with Crippen LogP contribution in [0.25, 0.3) is 6.08 Å². The Bertz CT molecular complexity index is 867. The minimum absolute atomic E-state index is 0.0629. The molecule has 160 valence electrons. The molecular formula is C21H24N2O5S2. The third-order valence-corrected chi connectivity index (χ3v) is 6.58. The Balaban J connectivity index is 1.23. The van der Waals surface area contributed by atoms with E-state index in [1.54, 1.807) is 4.90 Å². The van der Waals surface area contributed by atoms with Crippen molar-refractivity contribution >= 4 is 46.2 Å². The van der Waals surface area contributed by atoms with E-state index in [4.69, 9.17) is 26.4 Å². The lowest BCUT2D eigenvalue weighted by Crippen LogP contribution is -2.40. The van der Waals surface area contributed by atoms with E-state index in [1.165, 1.54) is 11.8 Å². The minimum Gasteiger partial charge on any atom is -0.454 e. The number of benzene rings is 1. The molecule has 2 fully saturated rings. The molecule has 7 nitrogen and oxygen atoms in total. The molecule has 0 aromatic heterocycles. The van der Waals surface area contributed by atoms with Crippen molar-refractivity contribution in [3.05, 3.63) is 28.7 Å². The maximum Gasteiger partial charge on any atom is 0.266 e. The van der Waals surface area contributed by atoms with Crippen molar-refractivity contribution in [3.8, 4) is 11.5 Å². The van der Waals surface area contributed by atoms with Gasteiger partial charge >= 0.3 is 0 Å². The Morgan fingerprint density at radius 1 is 1.13 bits per heavy atom. The normalized spacial score (nSPS) is 19.8. The highest BCUT2D eigenvalue weighted by molar-refractivity contribution is 8.26. The van der Waals surface area contributed by atoms with E-state index in [1.807, 2.05) is 29.2 Å². The van der Waals surface area contributed by atoms with E-state index >= 15 is 0 Å². The van der Waals surface area contributed by atoms with Gasteiger partial charge < -0.3 is 19.1 Å². The monoisotopic (exact) mass is 448 g/mol. The number of nitrogens with zero attached hydrogens (tertiary/aromatic N) is 2. The van der Waals surface area contributed by atoms with Gasteiger partial charge in [-0.3, -0.25) is 14.5 Å². The fourth-order valence-electron chi connectivity index (χ4n) is 3.54. The lowest BCUT2D eigenvalue weighted by molar-refractivity contribution is -0.135. The van der Waals surface area contributed by atoms with Crippen molar-refractivity contribution in [2.75, 3.05) is 39.6 Å². The lowest BCUT2D eigenvalue weighted by atomic mass is 10.1. The van der Waals surface area contributed by atoms with Gasteiger partial charge in [-0.05, 0) is 36.6 Å². The first-order valence-electron chi connectivity index (χ1n) is 10.1. The van der Waals surface area contributed by atoms with Crippen molar-refractivity contribution in [2.24, 2.45) is 0 Å².